The number of ketones is 1. The van der Waals surface area contributed by atoms with E-state index in [0.717, 1.165) is 10.5 Å². The Bertz CT molecular complexity index is 1180. The standard InChI is InChI=1S/C31H44F2N4O6/c1-7-11-23(26(38)28(40)34-19(6)20-12-9-8-10-13-20)35-27(39)25-21-14-15-31(32,33)22(21)16-37(25)29(41)24(17(2)3)36-30(42)43-18(4)5/h8-10,12-13,17-19,21-25H,7,11,14-16H2,1-6H3,(H,34,40)(H,35,39)(H,36,42)/t19-,21+,22+,23?,24+,25?/m1/s1. The highest BCUT2D eigenvalue weighted by Crippen LogP contribution is 2.51. The predicted octanol–water partition coefficient (Wildman–Crippen LogP) is 3.75. The van der Waals surface area contributed by atoms with Crippen LogP contribution >= 0.6 is 0 Å². The van der Waals surface area contributed by atoms with Gasteiger partial charge in [-0.1, -0.05) is 57.5 Å². The topological polar surface area (TPSA) is 134 Å². The molecule has 0 radical (unpaired) electrons. The Hall–Kier alpha value is -3.57. The lowest BCUT2D eigenvalue weighted by Gasteiger charge is -2.33. The van der Waals surface area contributed by atoms with Crippen molar-refractivity contribution in [3.8, 4) is 0 Å². The Kier molecular flexibility index (Phi) is 11.3. The first-order valence-corrected chi connectivity index (χ1v) is 15.0. The molecule has 0 bridgehead atoms. The fourth-order valence-corrected chi connectivity index (χ4v) is 5.96. The van der Waals surface area contributed by atoms with Crippen LogP contribution in [0, 0.1) is 17.8 Å². The summed E-state index contributed by atoms with van der Waals surface area (Å²) in [5.74, 6) is -8.83. The van der Waals surface area contributed by atoms with E-state index in [2.05, 4.69) is 16.0 Å². The number of alkyl carbamates (subject to hydrolysis) is 1. The van der Waals surface area contributed by atoms with Gasteiger partial charge in [-0.2, -0.15) is 0 Å². The molecule has 2 unspecified atom stereocenters. The summed E-state index contributed by atoms with van der Waals surface area (Å²) >= 11 is 0. The van der Waals surface area contributed by atoms with Gasteiger partial charge in [0.1, 0.15) is 12.1 Å². The second kappa shape index (κ2) is 14.3. The molecule has 10 nitrogen and oxygen atoms in total. The van der Waals surface area contributed by atoms with Crippen molar-refractivity contribution in [2.45, 2.75) is 103 Å². The summed E-state index contributed by atoms with van der Waals surface area (Å²) in [7, 11) is 0. The zero-order valence-corrected chi connectivity index (χ0v) is 25.7. The van der Waals surface area contributed by atoms with Crippen molar-refractivity contribution in [1.29, 1.82) is 0 Å². The molecule has 238 valence electrons. The van der Waals surface area contributed by atoms with E-state index >= 15 is 0 Å². The minimum atomic E-state index is -3.08. The van der Waals surface area contributed by atoms with Gasteiger partial charge in [-0.15, -0.1) is 0 Å². The third-order valence-corrected chi connectivity index (χ3v) is 8.19. The van der Waals surface area contributed by atoms with Crippen LogP contribution in [-0.4, -0.2) is 71.2 Å². The van der Waals surface area contributed by atoms with Gasteiger partial charge in [0, 0.05) is 18.9 Å². The van der Waals surface area contributed by atoms with Crippen LogP contribution in [0.1, 0.15) is 78.8 Å². The number of nitrogens with zero attached hydrogens (tertiary/aromatic N) is 1. The van der Waals surface area contributed by atoms with Crippen molar-refractivity contribution < 1.29 is 37.5 Å². The van der Waals surface area contributed by atoms with Gasteiger partial charge in [-0.05, 0) is 51.0 Å². The van der Waals surface area contributed by atoms with Crippen molar-refractivity contribution in [3.05, 3.63) is 35.9 Å². The highest BCUT2D eigenvalue weighted by Gasteiger charge is 2.61. The number of halogens is 2. The molecule has 2 aliphatic rings. The summed E-state index contributed by atoms with van der Waals surface area (Å²) in [5, 5.41) is 7.79. The summed E-state index contributed by atoms with van der Waals surface area (Å²) in [6.45, 7) is 9.80. The zero-order chi connectivity index (χ0) is 32.1. The van der Waals surface area contributed by atoms with Gasteiger partial charge in [0.15, 0.2) is 0 Å². The molecule has 3 N–H and O–H groups in total. The Labute approximate surface area is 251 Å². The molecular weight excluding hydrogens is 562 g/mol. The number of Topliss-reactive ketones (excluding diaryl/α,β-unsaturated/α-hetero) is 1. The summed E-state index contributed by atoms with van der Waals surface area (Å²) in [6.07, 6.45) is -1.11. The van der Waals surface area contributed by atoms with E-state index in [9.17, 15) is 32.8 Å². The van der Waals surface area contributed by atoms with Gasteiger partial charge in [-0.25, -0.2) is 13.6 Å². The average Bonchev–Trinajstić information content (AvgIpc) is 3.47. The monoisotopic (exact) mass is 606 g/mol. The van der Waals surface area contributed by atoms with Crippen LogP contribution in [0.15, 0.2) is 30.3 Å². The maximum Gasteiger partial charge on any atom is 0.408 e. The molecule has 0 aromatic heterocycles. The molecule has 1 aliphatic heterocycles. The number of rotatable bonds is 12. The molecule has 0 spiro atoms. The van der Waals surface area contributed by atoms with E-state index in [0.29, 0.717) is 6.42 Å². The Morgan fingerprint density at radius 3 is 2.23 bits per heavy atom. The summed E-state index contributed by atoms with van der Waals surface area (Å²) in [6, 6.07) is 4.95. The maximum atomic E-state index is 14.9. The van der Waals surface area contributed by atoms with Gasteiger partial charge >= 0.3 is 6.09 Å². The molecule has 1 aromatic rings. The number of alkyl halides is 2. The van der Waals surface area contributed by atoms with E-state index in [1.54, 1.807) is 53.7 Å². The van der Waals surface area contributed by atoms with Crippen LogP contribution in [0.4, 0.5) is 13.6 Å². The molecule has 1 saturated carbocycles. The maximum absolute atomic E-state index is 14.9. The lowest BCUT2D eigenvalue weighted by Crippen LogP contribution is -2.58. The number of likely N-dealkylation sites (tertiary alicyclic amines) is 1. The number of nitrogens with one attached hydrogen (secondary N) is 3. The van der Waals surface area contributed by atoms with E-state index in [4.69, 9.17) is 4.74 Å². The number of ether oxygens (including phenoxy) is 1. The minimum Gasteiger partial charge on any atom is -0.447 e. The van der Waals surface area contributed by atoms with Crippen molar-refractivity contribution in [2.75, 3.05) is 6.54 Å². The van der Waals surface area contributed by atoms with Gasteiger partial charge in [0.2, 0.25) is 17.6 Å². The van der Waals surface area contributed by atoms with Crippen molar-refractivity contribution in [2.24, 2.45) is 17.8 Å². The van der Waals surface area contributed by atoms with Gasteiger partial charge in [0.25, 0.3) is 11.8 Å². The molecule has 1 aliphatic carbocycles. The fourth-order valence-electron chi connectivity index (χ4n) is 5.96. The third-order valence-electron chi connectivity index (χ3n) is 8.19. The quantitative estimate of drug-likeness (QED) is 0.311. The minimum absolute atomic E-state index is 0.0101. The molecule has 4 amide bonds. The number of fused-ring (bicyclic) bond motifs is 1. The van der Waals surface area contributed by atoms with E-state index < -0.39 is 90.0 Å². The smallest absolute Gasteiger partial charge is 0.408 e. The van der Waals surface area contributed by atoms with Gasteiger partial charge < -0.3 is 25.6 Å². The lowest BCUT2D eigenvalue weighted by atomic mass is 9.91. The Morgan fingerprint density at radius 1 is 1.00 bits per heavy atom. The molecule has 2 fully saturated rings. The van der Waals surface area contributed by atoms with Crippen molar-refractivity contribution in [1.82, 2.24) is 20.9 Å². The number of hydrogen-bond acceptors (Lipinski definition) is 6. The molecule has 6 atom stereocenters. The number of hydrogen-bond donors (Lipinski definition) is 3. The summed E-state index contributed by atoms with van der Waals surface area (Å²) in [5.41, 5.74) is 0.790. The molecule has 1 heterocycles. The SMILES string of the molecule is CCCC(NC(=O)C1[C@H]2CCC(F)(F)[C@H]2CN1C(=O)[C@@H](NC(=O)OC(C)C)C(C)C)C(=O)C(=O)N[C@H](C)c1ccccc1. The first-order chi connectivity index (χ1) is 20.2. The zero-order valence-electron chi connectivity index (χ0n) is 25.7. The summed E-state index contributed by atoms with van der Waals surface area (Å²) in [4.78, 5) is 67.1. The fraction of sp³-hybridized carbons (Fsp3) is 0.645. The molecular formula is C31H44F2N4O6. The number of carbonyl (C=O) groups is 5. The predicted molar refractivity (Wildman–Crippen MR) is 155 cm³/mol. The third kappa shape index (κ3) is 8.08. The van der Waals surface area contributed by atoms with Crippen LogP contribution in [0.3, 0.4) is 0 Å². The number of amides is 4. The van der Waals surface area contributed by atoms with Gasteiger partial charge in [-0.3, -0.25) is 19.2 Å². The number of benzene rings is 1. The Morgan fingerprint density at radius 2 is 1.65 bits per heavy atom. The van der Waals surface area contributed by atoms with Crippen LogP contribution in [-0.2, 0) is 23.9 Å². The first-order valence-electron chi connectivity index (χ1n) is 15.0. The summed E-state index contributed by atoms with van der Waals surface area (Å²) < 4.78 is 34.9. The van der Waals surface area contributed by atoms with Crippen molar-refractivity contribution >= 4 is 29.6 Å². The molecule has 12 heteroatoms. The average molecular weight is 607 g/mol. The van der Waals surface area contributed by atoms with E-state index in [1.807, 2.05) is 18.2 Å². The van der Waals surface area contributed by atoms with Crippen molar-refractivity contribution in [3.63, 3.8) is 0 Å². The normalized spacial score (nSPS) is 22.8. The van der Waals surface area contributed by atoms with Crippen LogP contribution in [0.2, 0.25) is 0 Å². The highest BCUT2D eigenvalue weighted by atomic mass is 19.3. The van der Waals surface area contributed by atoms with Crippen LogP contribution in [0.5, 0.6) is 0 Å². The number of carbonyl (C=O) groups excluding carboxylic acids is 5. The second-order valence-corrected chi connectivity index (χ2v) is 12.1. The van der Waals surface area contributed by atoms with Crippen LogP contribution in [0.25, 0.3) is 0 Å². The highest BCUT2D eigenvalue weighted by molar-refractivity contribution is 6.38. The second-order valence-electron chi connectivity index (χ2n) is 12.1. The van der Waals surface area contributed by atoms with E-state index in [-0.39, 0.29) is 19.4 Å². The molecule has 1 aromatic carbocycles. The van der Waals surface area contributed by atoms with Gasteiger partial charge in [0.05, 0.1) is 18.2 Å². The van der Waals surface area contributed by atoms with Crippen LogP contribution < -0.4 is 16.0 Å². The first kappa shape index (κ1) is 33.9. The lowest BCUT2D eigenvalue weighted by molar-refractivity contribution is -0.144. The molecule has 1 saturated heterocycles. The Balaban J connectivity index is 1.83. The van der Waals surface area contributed by atoms with E-state index in [1.165, 1.54) is 0 Å². The molecule has 43 heavy (non-hydrogen) atoms. The molecule has 3 rings (SSSR count). The largest absolute Gasteiger partial charge is 0.447 e.